The number of fused-ring (bicyclic) bond motifs is 3. The summed E-state index contributed by atoms with van der Waals surface area (Å²) >= 11 is 0. The van der Waals surface area contributed by atoms with Crippen molar-refractivity contribution in [3.8, 4) is 0 Å². The minimum Gasteiger partial charge on any atom is -0.369 e. The first-order chi connectivity index (χ1) is 8.63. The Kier molecular flexibility index (Phi) is 2.69. The molecule has 1 fully saturated rings. The molecule has 0 radical (unpaired) electrons. The van der Waals surface area contributed by atoms with Crippen LogP contribution in [0.4, 0.5) is 0 Å². The summed E-state index contributed by atoms with van der Waals surface area (Å²) in [6.45, 7) is 2.08. The van der Waals surface area contributed by atoms with Crippen LogP contribution in [0, 0.1) is 11.3 Å². The van der Waals surface area contributed by atoms with Crippen LogP contribution in [0.2, 0.25) is 0 Å². The van der Waals surface area contributed by atoms with E-state index in [-0.39, 0.29) is 11.3 Å². The van der Waals surface area contributed by atoms with E-state index in [2.05, 4.69) is 31.2 Å². The van der Waals surface area contributed by atoms with Crippen molar-refractivity contribution in [2.75, 3.05) is 0 Å². The number of carbonyl (C=O) groups excluding carboxylic acids is 1. The third-order valence-electron chi connectivity index (χ3n) is 5.26. The number of nitrogens with two attached hydrogens (primary N) is 1. The van der Waals surface area contributed by atoms with Crippen molar-refractivity contribution >= 4 is 5.91 Å². The SMILES string of the molecule is CC1(C(N)=O)CCCC2c3ccccc3CCC21. The van der Waals surface area contributed by atoms with Gasteiger partial charge in [0.05, 0.1) is 0 Å². The molecule has 3 atom stereocenters. The Hall–Kier alpha value is -1.31. The van der Waals surface area contributed by atoms with Crippen molar-refractivity contribution < 1.29 is 4.79 Å². The summed E-state index contributed by atoms with van der Waals surface area (Å²) < 4.78 is 0. The van der Waals surface area contributed by atoms with Crippen LogP contribution in [0.3, 0.4) is 0 Å². The highest BCUT2D eigenvalue weighted by Gasteiger charge is 2.48. The second-order valence-electron chi connectivity index (χ2n) is 6.12. The summed E-state index contributed by atoms with van der Waals surface area (Å²) in [5, 5.41) is 0. The maximum atomic E-state index is 11.9. The molecular weight excluding hydrogens is 222 g/mol. The lowest BCUT2D eigenvalue weighted by Crippen LogP contribution is -2.47. The van der Waals surface area contributed by atoms with Gasteiger partial charge in [0.1, 0.15) is 0 Å². The lowest BCUT2D eigenvalue weighted by atomic mass is 9.56. The largest absolute Gasteiger partial charge is 0.369 e. The van der Waals surface area contributed by atoms with Crippen LogP contribution in [0.1, 0.15) is 49.7 Å². The van der Waals surface area contributed by atoms with Gasteiger partial charge in [-0.25, -0.2) is 0 Å². The van der Waals surface area contributed by atoms with E-state index in [1.54, 1.807) is 0 Å². The monoisotopic (exact) mass is 243 g/mol. The van der Waals surface area contributed by atoms with Crippen molar-refractivity contribution in [2.24, 2.45) is 17.1 Å². The number of amides is 1. The second kappa shape index (κ2) is 4.11. The van der Waals surface area contributed by atoms with Gasteiger partial charge in [0.2, 0.25) is 5.91 Å². The van der Waals surface area contributed by atoms with Crippen molar-refractivity contribution in [1.82, 2.24) is 0 Å². The van der Waals surface area contributed by atoms with Gasteiger partial charge in [0.15, 0.2) is 0 Å². The molecule has 2 N–H and O–H groups in total. The number of primary amides is 1. The molecule has 0 heterocycles. The summed E-state index contributed by atoms with van der Waals surface area (Å²) in [4.78, 5) is 11.9. The number of carbonyl (C=O) groups is 1. The van der Waals surface area contributed by atoms with Gasteiger partial charge in [-0.1, -0.05) is 37.6 Å². The highest BCUT2D eigenvalue weighted by atomic mass is 16.1. The molecule has 0 aromatic heterocycles. The molecule has 2 aliphatic carbocycles. The van der Waals surface area contributed by atoms with E-state index in [0.29, 0.717) is 11.8 Å². The first-order valence-electron chi connectivity index (χ1n) is 7.00. The topological polar surface area (TPSA) is 43.1 Å². The molecule has 96 valence electrons. The number of hydrogen-bond acceptors (Lipinski definition) is 1. The predicted octanol–water partition coefficient (Wildman–Crippen LogP) is 3.01. The molecule has 1 saturated carbocycles. The summed E-state index contributed by atoms with van der Waals surface area (Å²) in [7, 11) is 0. The van der Waals surface area contributed by atoms with Crippen molar-refractivity contribution in [1.29, 1.82) is 0 Å². The van der Waals surface area contributed by atoms with E-state index in [4.69, 9.17) is 5.73 Å². The molecule has 0 spiro atoms. The maximum absolute atomic E-state index is 11.9. The number of hydrogen-bond donors (Lipinski definition) is 1. The second-order valence-corrected chi connectivity index (χ2v) is 6.12. The van der Waals surface area contributed by atoms with E-state index >= 15 is 0 Å². The molecule has 3 rings (SSSR count). The normalized spacial score (nSPS) is 34.5. The lowest BCUT2D eigenvalue weighted by molar-refractivity contribution is -0.133. The summed E-state index contributed by atoms with van der Waals surface area (Å²) in [6.07, 6.45) is 5.51. The van der Waals surface area contributed by atoms with Gasteiger partial charge in [0, 0.05) is 5.41 Å². The zero-order valence-electron chi connectivity index (χ0n) is 11.0. The Labute approximate surface area is 109 Å². The Balaban J connectivity index is 2.02. The van der Waals surface area contributed by atoms with Crippen LogP contribution in [-0.2, 0) is 11.2 Å². The molecule has 18 heavy (non-hydrogen) atoms. The minimum atomic E-state index is -0.295. The first-order valence-corrected chi connectivity index (χ1v) is 7.00. The van der Waals surface area contributed by atoms with E-state index in [1.165, 1.54) is 17.5 Å². The standard InChI is InChI=1S/C16H21NO/c1-16(15(17)18)10-4-7-13-12-6-3-2-5-11(12)8-9-14(13)16/h2-3,5-6,13-14H,4,7-10H2,1H3,(H2,17,18). The molecular formula is C16H21NO. The highest BCUT2D eigenvalue weighted by Crippen LogP contribution is 2.53. The fourth-order valence-corrected chi connectivity index (χ4v) is 4.15. The van der Waals surface area contributed by atoms with Crippen LogP contribution in [-0.4, -0.2) is 5.91 Å². The molecule has 2 nitrogen and oxygen atoms in total. The van der Waals surface area contributed by atoms with E-state index in [1.807, 2.05) is 0 Å². The van der Waals surface area contributed by atoms with Crippen LogP contribution in [0.25, 0.3) is 0 Å². The number of aryl methyl sites for hydroxylation is 1. The third-order valence-corrected chi connectivity index (χ3v) is 5.26. The molecule has 2 heteroatoms. The Morgan fingerprint density at radius 3 is 2.89 bits per heavy atom. The molecule has 1 amide bonds. The third kappa shape index (κ3) is 1.58. The Morgan fingerprint density at radius 1 is 1.33 bits per heavy atom. The van der Waals surface area contributed by atoms with E-state index in [0.717, 1.165) is 25.7 Å². The first kappa shape index (κ1) is 11.8. The molecule has 1 aromatic carbocycles. The molecule has 0 aliphatic heterocycles. The summed E-state index contributed by atoms with van der Waals surface area (Å²) in [5.74, 6) is 0.886. The maximum Gasteiger partial charge on any atom is 0.223 e. The molecule has 3 unspecified atom stereocenters. The van der Waals surface area contributed by atoms with Gasteiger partial charge in [-0.2, -0.15) is 0 Å². The van der Waals surface area contributed by atoms with Gasteiger partial charge >= 0.3 is 0 Å². The Morgan fingerprint density at radius 2 is 2.11 bits per heavy atom. The molecule has 0 bridgehead atoms. The zero-order valence-corrected chi connectivity index (χ0v) is 11.0. The average molecular weight is 243 g/mol. The lowest BCUT2D eigenvalue weighted by Gasteiger charge is -2.47. The molecule has 1 aromatic rings. The van der Waals surface area contributed by atoms with Gasteiger partial charge in [-0.05, 0) is 48.6 Å². The van der Waals surface area contributed by atoms with Crippen LogP contribution >= 0.6 is 0 Å². The highest BCUT2D eigenvalue weighted by molar-refractivity contribution is 5.81. The van der Waals surface area contributed by atoms with Crippen LogP contribution in [0.5, 0.6) is 0 Å². The number of benzene rings is 1. The summed E-state index contributed by atoms with van der Waals surface area (Å²) in [6, 6.07) is 8.73. The number of rotatable bonds is 1. The predicted molar refractivity (Wildman–Crippen MR) is 72.1 cm³/mol. The summed E-state index contributed by atoms with van der Waals surface area (Å²) in [5.41, 5.74) is 8.35. The van der Waals surface area contributed by atoms with Gasteiger partial charge in [-0.3, -0.25) is 4.79 Å². The quantitative estimate of drug-likeness (QED) is 0.809. The van der Waals surface area contributed by atoms with Crippen molar-refractivity contribution in [3.63, 3.8) is 0 Å². The fourth-order valence-electron chi connectivity index (χ4n) is 4.15. The van der Waals surface area contributed by atoms with E-state index < -0.39 is 0 Å². The zero-order chi connectivity index (χ0) is 12.8. The van der Waals surface area contributed by atoms with Crippen LogP contribution < -0.4 is 5.73 Å². The molecule has 0 saturated heterocycles. The van der Waals surface area contributed by atoms with Gasteiger partial charge < -0.3 is 5.73 Å². The van der Waals surface area contributed by atoms with Gasteiger partial charge in [-0.15, -0.1) is 0 Å². The smallest absolute Gasteiger partial charge is 0.223 e. The molecule has 2 aliphatic rings. The van der Waals surface area contributed by atoms with Crippen molar-refractivity contribution in [3.05, 3.63) is 35.4 Å². The van der Waals surface area contributed by atoms with Gasteiger partial charge in [0.25, 0.3) is 0 Å². The van der Waals surface area contributed by atoms with Crippen molar-refractivity contribution in [2.45, 2.75) is 44.9 Å². The van der Waals surface area contributed by atoms with E-state index in [9.17, 15) is 4.79 Å². The van der Waals surface area contributed by atoms with Crippen LogP contribution in [0.15, 0.2) is 24.3 Å². The Bertz CT molecular complexity index is 482. The fraction of sp³-hybridized carbons (Fsp3) is 0.562. The minimum absolute atomic E-state index is 0.100. The average Bonchev–Trinajstić information content (AvgIpc) is 2.39.